The zero-order valence-electron chi connectivity index (χ0n) is 91.1. The monoisotopic (exact) mass is 2070 g/mol. The van der Waals surface area contributed by atoms with E-state index < -0.39 is 240 Å². The zero-order valence-corrected chi connectivity index (χ0v) is 91.1. The van der Waals surface area contributed by atoms with Crippen molar-refractivity contribution in [3.63, 3.8) is 0 Å². The molecule has 1 aromatic heterocycles. The molecule has 1 saturated heterocycles. The Hall–Kier alpha value is -12.6. The minimum atomic E-state index is -2.05. The minimum Gasteiger partial charge on any atom is -0.497 e. The number of ketones is 5. The van der Waals surface area contributed by atoms with Crippen molar-refractivity contribution in [1.82, 2.24) is 52.7 Å². The number of esters is 1. The van der Waals surface area contributed by atoms with Crippen molar-refractivity contribution in [3.8, 4) is 34.1 Å². The van der Waals surface area contributed by atoms with Gasteiger partial charge >= 0.3 is 5.97 Å². The van der Waals surface area contributed by atoms with E-state index in [1.165, 1.54) is 67.0 Å². The minimum absolute atomic E-state index is 0.00149. The number of ether oxygens (including phenoxy) is 9. The molecule has 34 nitrogen and oxygen atoms in total. The van der Waals surface area contributed by atoms with Gasteiger partial charge in [0.15, 0.2) is 47.6 Å². The summed E-state index contributed by atoms with van der Waals surface area (Å²) in [6.07, 6.45) is -1.85. The van der Waals surface area contributed by atoms with Gasteiger partial charge in [-0.1, -0.05) is 135 Å². The summed E-state index contributed by atoms with van der Waals surface area (Å²) in [4.78, 5) is 200. The summed E-state index contributed by atoms with van der Waals surface area (Å²) in [5.41, 5.74) is 7.30. The summed E-state index contributed by atoms with van der Waals surface area (Å²) < 4.78 is 70.5. The van der Waals surface area contributed by atoms with Crippen LogP contribution in [0.5, 0.6) is 23.0 Å². The standard InChI is InChI=1S/C114H158FN11O23/c1-24-26-30-52-142-83-47-48-84(75(25-2)58-83)76-40-38-73(39-41-76)57-79(104(135)117-88(36-32-33-74-55-69(3)54-70(4)56-74)93(129)62-86(85-49-46-82(140-22)61-96(85)141-23)77-42-44-81(45-43-77)144-68-97(116)132)59-92(128)90(64-100(134)148-112(16,17)18)118-105(136)80(67-145-109(7,8)9)60-94(130)102(71(5)146-110(10,11)12)121-108(139)114(21,65-78-34-27-28-35-87(78)115)66-95(131)103(72(6)147-111(13,14)15)120-99(133)51-50-91(127)89(63-98-122-125-126-123-98)119-106(137)113(19,20)107(138)124-149-101-37-29-31-53-143-101/h27-28,34-35,38-49,54-56,58,61,71-72,79-80,86,88-90,101-103H,24-26,29-33,36-37,50-53,57,59-60,62-68H2,1-23H3,(H2,116,132)(H,117,135)(H,118,136)(H,119,137)(H,120,133)(H,121,139)(H,124,138)(H,122,123,125,126)/t71-,72-,79-,80+,86?,88+,89+,90+,101?,102+,103+,114-/m1/s1. The molecule has 2 heterocycles. The Kier molecular flexibility index (Phi) is 46.0. The lowest BCUT2D eigenvalue weighted by atomic mass is 9.76. The molecule has 7 amide bonds. The van der Waals surface area contributed by atoms with Gasteiger partial charge in [-0.2, -0.15) is 5.21 Å². The second-order valence-electron chi connectivity index (χ2n) is 43.6. The van der Waals surface area contributed by atoms with E-state index in [0.29, 0.717) is 72.8 Å². The van der Waals surface area contributed by atoms with Crippen LogP contribution in [0, 0.1) is 42.3 Å². The molecule has 7 aromatic rings. The van der Waals surface area contributed by atoms with Gasteiger partial charge in [0.2, 0.25) is 29.5 Å². The number of unbranched alkanes of at least 4 members (excludes halogenated alkanes) is 2. The number of amides is 7. The third kappa shape index (κ3) is 40.0. The fraction of sp³-hybridized carbons (Fsp3) is 0.561. The van der Waals surface area contributed by atoms with Gasteiger partial charge in [-0.25, -0.2) is 14.7 Å². The maximum Gasteiger partial charge on any atom is 0.308 e. The molecule has 2 unspecified atom stereocenters. The Bertz CT molecular complexity index is 5640. The van der Waals surface area contributed by atoms with Gasteiger partial charge in [0, 0.05) is 81.4 Å². The number of aromatic amines is 1. The molecule has 8 rings (SSSR count). The van der Waals surface area contributed by atoms with Gasteiger partial charge in [-0.05, 0) is 258 Å². The van der Waals surface area contributed by atoms with Crippen LogP contribution in [-0.2, 0) is 123 Å². The molecule has 1 aliphatic rings. The van der Waals surface area contributed by atoms with Crippen molar-refractivity contribution in [2.75, 3.05) is 40.6 Å². The molecular formula is C114H158FN11O23. The van der Waals surface area contributed by atoms with Gasteiger partial charge in [0.25, 0.3) is 11.8 Å². The Morgan fingerprint density at radius 3 is 1.79 bits per heavy atom. The third-order valence-corrected chi connectivity index (χ3v) is 25.5. The van der Waals surface area contributed by atoms with Crippen LogP contribution in [0.4, 0.5) is 4.39 Å². The number of hydroxylamine groups is 1. The molecule has 0 bridgehead atoms. The first-order valence-electron chi connectivity index (χ1n) is 51.6. The largest absolute Gasteiger partial charge is 0.497 e. The van der Waals surface area contributed by atoms with Crippen molar-refractivity contribution >= 4 is 76.2 Å². The van der Waals surface area contributed by atoms with Crippen molar-refractivity contribution < 1.29 is 114 Å². The number of halogens is 1. The van der Waals surface area contributed by atoms with Gasteiger partial charge in [-0.15, -0.1) is 10.2 Å². The number of carbonyl (C=O) groups is 13. The molecule has 35 heteroatoms. The van der Waals surface area contributed by atoms with Crippen LogP contribution in [-0.4, -0.2) is 209 Å². The number of rotatable bonds is 60. The number of aryl methyl sites for hydroxylation is 4. The van der Waals surface area contributed by atoms with Crippen LogP contribution >= 0.6 is 0 Å². The average Bonchev–Trinajstić information content (AvgIpc) is 1.02. The molecule has 814 valence electrons. The van der Waals surface area contributed by atoms with Crippen LogP contribution in [0.3, 0.4) is 0 Å². The lowest BCUT2D eigenvalue weighted by Gasteiger charge is -2.36. The SMILES string of the molecule is CCCCCOc1ccc(-c2ccc(C[C@H](CC(=O)[C@H](CC(=O)OC(C)(C)C)NC(=O)[C@H](COC(C)(C)C)CC(=O)[C@@H](NC(=O)[C@@](C)(CC(=O)[C@@H](NC(=O)CCC(=O)[C@H](Cc3nn[nH]n3)NC(=O)C(C)(C)C(=O)NOC3CCCCO3)[C@@H](C)OC(C)(C)C)Cc3ccccc3F)[C@@H](C)OC(C)(C)C)C(=O)N[C@@H](CCCc3cc(C)cc(C)c3)C(=O)CC(c3ccc(OCC(N)=O)cc3)c3ccc(OC)cc3OC)cc2)c(CC)c1. The molecule has 0 radical (unpaired) electrons. The quantitative estimate of drug-likeness (QED) is 0.00759. The van der Waals surface area contributed by atoms with Crippen LogP contribution in [0.1, 0.15) is 284 Å². The fourth-order valence-corrected chi connectivity index (χ4v) is 17.8. The number of hydrogen-bond acceptors (Lipinski definition) is 26. The number of nitrogens with zero attached hydrogens (tertiary/aromatic N) is 3. The predicted molar refractivity (Wildman–Crippen MR) is 560 cm³/mol. The molecule has 0 aliphatic carbocycles. The molecule has 1 aliphatic heterocycles. The van der Waals surface area contributed by atoms with E-state index >= 15 is 38.0 Å². The van der Waals surface area contributed by atoms with Gasteiger partial charge in [0.05, 0.1) is 92.3 Å². The summed E-state index contributed by atoms with van der Waals surface area (Å²) in [5.74, 6) is -13.1. The van der Waals surface area contributed by atoms with E-state index in [4.69, 9.17) is 53.2 Å². The Labute approximate surface area is 876 Å². The Morgan fingerprint density at radius 2 is 1.19 bits per heavy atom. The molecule has 1 fully saturated rings. The zero-order chi connectivity index (χ0) is 110. The number of Topliss-reactive ketones (excluding diaryl/α,β-unsaturated/α-hetero) is 5. The van der Waals surface area contributed by atoms with Crippen molar-refractivity contribution in [2.24, 2.45) is 28.4 Å². The predicted octanol–water partition coefficient (Wildman–Crippen LogP) is 14.9. The van der Waals surface area contributed by atoms with E-state index in [-0.39, 0.29) is 37.1 Å². The highest BCUT2D eigenvalue weighted by Crippen LogP contribution is 2.40. The summed E-state index contributed by atoms with van der Waals surface area (Å²) in [7, 11) is 3.01. The fourth-order valence-electron chi connectivity index (χ4n) is 17.8. The third-order valence-electron chi connectivity index (χ3n) is 25.5. The highest BCUT2D eigenvalue weighted by molar-refractivity contribution is 6.06. The van der Waals surface area contributed by atoms with Crippen molar-refractivity contribution in [2.45, 2.75) is 351 Å². The first kappa shape index (κ1) is 122. The number of H-pyrrole nitrogens is 1. The van der Waals surface area contributed by atoms with Crippen LogP contribution in [0.25, 0.3) is 11.1 Å². The molecule has 0 saturated carbocycles. The second kappa shape index (κ2) is 56.3. The van der Waals surface area contributed by atoms with Gasteiger partial charge in [-0.3, -0.25) is 62.3 Å². The van der Waals surface area contributed by atoms with Gasteiger partial charge in [0.1, 0.15) is 51.9 Å². The maximum atomic E-state index is 16.4. The smallest absolute Gasteiger partial charge is 0.308 e. The number of nitrogens with one attached hydrogen (secondary N) is 7. The van der Waals surface area contributed by atoms with Crippen LogP contribution in [0.15, 0.2) is 127 Å². The Morgan fingerprint density at radius 1 is 0.557 bits per heavy atom. The lowest BCUT2D eigenvalue weighted by Crippen LogP contribution is -2.57. The van der Waals surface area contributed by atoms with Crippen LogP contribution < -0.4 is 56.7 Å². The van der Waals surface area contributed by atoms with Gasteiger partial charge < -0.3 is 74.9 Å². The molecule has 12 atom stereocenters. The van der Waals surface area contributed by atoms with E-state index in [0.717, 1.165) is 77.3 Å². The summed E-state index contributed by atoms with van der Waals surface area (Å²) in [6.45, 7) is 35.5. The number of nitrogens with two attached hydrogens (primary N) is 1. The number of aromatic nitrogens is 4. The topological polar surface area (TPSA) is 467 Å². The number of tetrazole rings is 1. The molecule has 0 spiro atoms. The second-order valence-corrected chi connectivity index (χ2v) is 43.6. The van der Waals surface area contributed by atoms with Crippen molar-refractivity contribution in [3.05, 3.63) is 184 Å². The first-order chi connectivity index (χ1) is 70.0. The number of carbonyl (C=O) groups excluding carboxylic acids is 13. The molecule has 9 N–H and O–H groups in total. The number of methoxy groups -OCH3 is 2. The van der Waals surface area contributed by atoms with E-state index in [1.807, 2.05) is 56.3 Å². The normalized spacial score (nSPS) is 15.4. The highest BCUT2D eigenvalue weighted by Gasteiger charge is 2.46. The molecular weight excluding hydrogens is 1910 g/mol. The molecule has 149 heavy (non-hydrogen) atoms. The first-order valence-corrected chi connectivity index (χ1v) is 51.6. The average molecular weight is 2070 g/mol. The number of benzene rings is 6. The van der Waals surface area contributed by atoms with E-state index in [9.17, 15) is 28.8 Å². The van der Waals surface area contributed by atoms with Crippen molar-refractivity contribution in [1.29, 1.82) is 0 Å². The number of primary amides is 1. The number of hydrogen-bond donors (Lipinski definition) is 8. The summed E-state index contributed by atoms with van der Waals surface area (Å²) >= 11 is 0. The lowest BCUT2D eigenvalue weighted by molar-refractivity contribution is -0.204. The summed E-state index contributed by atoms with van der Waals surface area (Å²) in [6, 6.07) is 29.5. The maximum absolute atomic E-state index is 16.4. The van der Waals surface area contributed by atoms with E-state index in [2.05, 4.69) is 84.7 Å². The summed E-state index contributed by atoms with van der Waals surface area (Å²) in [5, 5.41) is 27.9. The highest BCUT2D eigenvalue weighted by atomic mass is 19.1. The van der Waals surface area contributed by atoms with E-state index in [1.54, 1.807) is 126 Å². The molecule has 6 aromatic carbocycles. The van der Waals surface area contributed by atoms with Crippen LogP contribution in [0.2, 0.25) is 0 Å². The Balaban J connectivity index is 1.16.